The zero-order valence-electron chi connectivity index (χ0n) is 7.21. The summed E-state index contributed by atoms with van der Waals surface area (Å²) in [6.45, 7) is -0.0807. The highest BCUT2D eigenvalue weighted by atomic mass is 32.1. The summed E-state index contributed by atoms with van der Waals surface area (Å²) < 4.78 is 36.6. The molecule has 2 nitrogen and oxygen atoms in total. The van der Waals surface area contributed by atoms with Crippen molar-refractivity contribution in [2.75, 3.05) is 13.2 Å². The summed E-state index contributed by atoms with van der Waals surface area (Å²) in [6, 6.07) is 2.37. The first-order valence-electron chi connectivity index (χ1n) is 3.97. The number of halogens is 3. The van der Waals surface area contributed by atoms with Crippen LogP contribution in [0.1, 0.15) is 15.7 Å². The summed E-state index contributed by atoms with van der Waals surface area (Å²) in [6.07, 6.45) is -4.31. The van der Waals surface area contributed by atoms with E-state index in [-0.39, 0.29) is 13.2 Å². The van der Waals surface area contributed by atoms with Crippen molar-refractivity contribution in [3.63, 3.8) is 0 Å². The van der Waals surface area contributed by atoms with E-state index in [0.29, 0.717) is 16.2 Å². The molecule has 0 radical (unpaired) electrons. The van der Waals surface area contributed by atoms with Crippen molar-refractivity contribution in [3.05, 3.63) is 21.9 Å². The Morgan fingerprint density at radius 2 is 2.07 bits per heavy atom. The van der Waals surface area contributed by atoms with E-state index in [1.807, 2.05) is 0 Å². The molecule has 1 aromatic rings. The average Bonchev–Trinajstić information content (AvgIpc) is 2.54. The predicted molar refractivity (Wildman–Crippen MR) is 48.2 cm³/mol. The predicted octanol–water partition coefficient (Wildman–Crippen LogP) is 1.80. The van der Waals surface area contributed by atoms with Crippen LogP contribution in [-0.2, 0) is 6.18 Å². The van der Waals surface area contributed by atoms with E-state index < -0.39 is 17.0 Å². The third-order valence-electron chi connectivity index (χ3n) is 1.81. The van der Waals surface area contributed by atoms with Gasteiger partial charge in [-0.15, -0.1) is 11.3 Å². The number of rotatable bonds is 3. The molecule has 0 aliphatic heterocycles. The fourth-order valence-electron chi connectivity index (χ4n) is 1.01. The Bertz CT molecular complexity index is 293. The van der Waals surface area contributed by atoms with Crippen molar-refractivity contribution < 1.29 is 18.3 Å². The van der Waals surface area contributed by atoms with E-state index in [1.165, 1.54) is 6.07 Å². The van der Waals surface area contributed by atoms with E-state index in [1.54, 1.807) is 0 Å². The topological polar surface area (TPSA) is 46.2 Å². The maximum atomic E-state index is 12.2. The van der Waals surface area contributed by atoms with Crippen LogP contribution in [0, 0.1) is 0 Å². The van der Waals surface area contributed by atoms with Crippen molar-refractivity contribution in [3.8, 4) is 0 Å². The SMILES string of the molecule is NCC(CO)c1ccc(C(F)(F)F)s1. The first-order chi connectivity index (χ1) is 6.49. The first kappa shape index (κ1) is 11.5. The Morgan fingerprint density at radius 1 is 1.43 bits per heavy atom. The molecule has 0 fully saturated rings. The Labute approximate surface area is 83.2 Å². The quantitative estimate of drug-likeness (QED) is 0.824. The van der Waals surface area contributed by atoms with Crippen LogP contribution >= 0.6 is 11.3 Å². The molecule has 1 unspecified atom stereocenters. The van der Waals surface area contributed by atoms with Gasteiger partial charge in [-0.25, -0.2) is 0 Å². The standard InChI is InChI=1S/C8H10F3NOS/c9-8(10,11)7-2-1-6(14-7)5(3-12)4-13/h1-2,5,13H,3-4,12H2. The molecule has 1 heterocycles. The lowest BCUT2D eigenvalue weighted by molar-refractivity contribution is -0.134. The lowest BCUT2D eigenvalue weighted by atomic mass is 10.1. The van der Waals surface area contributed by atoms with Crippen molar-refractivity contribution in [1.29, 1.82) is 0 Å². The number of hydrogen-bond acceptors (Lipinski definition) is 3. The molecular formula is C8H10F3NOS. The van der Waals surface area contributed by atoms with Crippen LogP contribution in [0.15, 0.2) is 12.1 Å². The second kappa shape index (κ2) is 4.29. The molecule has 0 saturated carbocycles. The van der Waals surface area contributed by atoms with Gasteiger partial charge in [-0.05, 0) is 12.1 Å². The Hall–Kier alpha value is -0.590. The third-order valence-corrected chi connectivity index (χ3v) is 3.11. The molecule has 3 N–H and O–H groups in total. The minimum absolute atomic E-state index is 0.147. The average molecular weight is 225 g/mol. The van der Waals surface area contributed by atoms with Crippen LogP contribution in [0.4, 0.5) is 13.2 Å². The van der Waals surface area contributed by atoms with Crippen LogP contribution in [0.5, 0.6) is 0 Å². The number of nitrogens with two attached hydrogens (primary N) is 1. The highest BCUT2D eigenvalue weighted by molar-refractivity contribution is 7.12. The Morgan fingerprint density at radius 3 is 2.43 bits per heavy atom. The number of aliphatic hydroxyl groups excluding tert-OH is 1. The maximum absolute atomic E-state index is 12.2. The van der Waals surface area contributed by atoms with Gasteiger partial charge in [0.2, 0.25) is 0 Å². The molecule has 6 heteroatoms. The zero-order valence-corrected chi connectivity index (χ0v) is 8.03. The number of aliphatic hydroxyl groups is 1. The van der Waals surface area contributed by atoms with Gasteiger partial charge in [-0.2, -0.15) is 13.2 Å². The van der Waals surface area contributed by atoms with Gasteiger partial charge in [0.1, 0.15) is 4.88 Å². The maximum Gasteiger partial charge on any atom is 0.425 e. The third kappa shape index (κ3) is 2.46. The van der Waals surface area contributed by atoms with Gasteiger partial charge < -0.3 is 10.8 Å². The molecule has 0 spiro atoms. The summed E-state index contributed by atoms with van der Waals surface area (Å²) in [7, 11) is 0. The molecule has 80 valence electrons. The monoisotopic (exact) mass is 225 g/mol. The van der Waals surface area contributed by atoms with E-state index in [4.69, 9.17) is 10.8 Å². The van der Waals surface area contributed by atoms with Gasteiger partial charge in [-0.1, -0.05) is 0 Å². The van der Waals surface area contributed by atoms with Crippen LogP contribution in [0.3, 0.4) is 0 Å². The fraction of sp³-hybridized carbons (Fsp3) is 0.500. The minimum Gasteiger partial charge on any atom is -0.396 e. The van der Waals surface area contributed by atoms with Crippen molar-refractivity contribution >= 4 is 11.3 Å². The normalized spacial score (nSPS) is 14.4. The number of hydrogen-bond donors (Lipinski definition) is 2. The van der Waals surface area contributed by atoms with Crippen LogP contribution in [0.2, 0.25) is 0 Å². The first-order valence-corrected chi connectivity index (χ1v) is 4.78. The highest BCUT2D eigenvalue weighted by Crippen LogP contribution is 2.36. The largest absolute Gasteiger partial charge is 0.425 e. The van der Waals surface area contributed by atoms with Gasteiger partial charge in [0.15, 0.2) is 0 Å². The van der Waals surface area contributed by atoms with Crippen LogP contribution in [-0.4, -0.2) is 18.3 Å². The van der Waals surface area contributed by atoms with Gasteiger partial charge in [0, 0.05) is 17.3 Å². The summed E-state index contributed by atoms with van der Waals surface area (Å²) in [5.41, 5.74) is 5.30. The second-order valence-electron chi connectivity index (χ2n) is 2.81. The van der Waals surface area contributed by atoms with Crippen molar-refractivity contribution in [1.82, 2.24) is 0 Å². The number of thiophene rings is 1. The van der Waals surface area contributed by atoms with E-state index in [2.05, 4.69) is 0 Å². The molecule has 1 rings (SSSR count). The van der Waals surface area contributed by atoms with E-state index >= 15 is 0 Å². The lowest BCUT2D eigenvalue weighted by Gasteiger charge is -2.08. The second-order valence-corrected chi connectivity index (χ2v) is 3.93. The molecule has 1 aromatic heterocycles. The van der Waals surface area contributed by atoms with Crippen LogP contribution < -0.4 is 5.73 Å². The van der Waals surface area contributed by atoms with Gasteiger partial charge in [-0.3, -0.25) is 0 Å². The molecule has 1 atom stereocenters. The summed E-state index contributed by atoms with van der Waals surface area (Å²) >= 11 is 0.632. The van der Waals surface area contributed by atoms with Crippen molar-refractivity contribution in [2.24, 2.45) is 5.73 Å². The number of alkyl halides is 3. The van der Waals surface area contributed by atoms with Crippen LogP contribution in [0.25, 0.3) is 0 Å². The molecule has 0 aliphatic carbocycles. The van der Waals surface area contributed by atoms with E-state index in [0.717, 1.165) is 6.07 Å². The molecule has 0 saturated heterocycles. The lowest BCUT2D eigenvalue weighted by Crippen LogP contribution is -2.14. The van der Waals surface area contributed by atoms with Crippen molar-refractivity contribution in [2.45, 2.75) is 12.1 Å². The Kier molecular flexibility index (Phi) is 3.52. The smallest absolute Gasteiger partial charge is 0.396 e. The molecule has 0 amide bonds. The van der Waals surface area contributed by atoms with E-state index in [9.17, 15) is 13.2 Å². The van der Waals surface area contributed by atoms with Gasteiger partial charge in [0.05, 0.1) is 6.61 Å². The minimum atomic E-state index is -4.31. The summed E-state index contributed by atoms with van der Waals surface area (Å²) in [4.78, 5) is -0.179. The molecule has 0 bridgehead atoms. The molecular weight excluding hydrogens is 215 g/mol. The summed E-state index contributed by atoms with van der Waals surface area (Å²) in [5.74, 6) is -0.393. The molecule has 0 aromatic carbocycles. The van der Waals surface area contributed by atoms with Gasteiger partial charge in [0.25, 0.3) is 0 Å². The Balaban J connectivity index is 2.87. The molecule has 14 heavy (non-hydrogen) atoms. The summed E-state index contributed by atoms with van der Waals surface area (Å²) in [5, 5.41) is 8.84. The van der Waals surface area contributed by atoms with Gasteiger partial charge >= 0.3 is 6.18 Å². The fourth-order valence-corrected chi connectivity index (χ4v) is 1.98. The molecule has 0 aliphatic rings. The zero-order chi connectivity index (χ0) is 10.8. The highest BCUT2D eigenvalue weighted by Gasteiger charge is 2.32.